The molecule has 1 aromatic heterocycles. The van der Waals surface area contributed by atoms with Crippen molar-refractivity contribution in [3.8, 4) is 0 Å². The minimum atomic E-state index is -0.0674. The fourth-order valence-electron chi connectivity index (χ4n) is 2.52. The molecule has 1 atom stereocenters. The minimum absolute atomic E-state index is 0.0674. The summed E-state index contributed by atoms with van der Waals surface area (Å²) < 4.78 is 0. The van der Waals surface area contributed by atoms with E-state index in [1.54, 1.807) is 0 Å². The summed E-state index contributed by atoms with van der Waals surface area (Å²) in [5.41, 5.74) is 2.14. The van der Waals surface area contributed by atoms with Crippen LogP contribution in [-0.4, -0.2) is 34.2 Å². The average molecular weight is 271 g/mol. The van der Waals surface area contributed by atoms with Crippen LogP contribution in [0.2, 0.25) is 0 Å². The number of nitrogens with zero attached hydrogens (tertiary/aromatic N) is 2. The van der Waals surface area contributed by atoms with Gasteiger partial charge in [-0.1, -0.05) is 18.2 Å². The number of aromatic nitrogens is 3. The predicted molar refractivity (Wildman–Crippen MR) is 75.4 cm³/mol. The van der Waals surface area contributed by atoms with Gasteiger partial charge in [0.15, 0.2) is 0 Å². The lowest BCUT2D eigenvalue weighted by atomic mass is 9.90. The molecule has 1 aliphatic heterocycles. The Morgan fingerprint density at radius 3 is 3.15 bits per heavy atom. The lowest BCUT2D eigenvalue weighted by Gasteiger charge is -2.25. The molecule has 3 rings (SSSR count). The van der Waals surface area contributed by atoms with E-state index in [1.165, 1.54) is 6.33 Å². The van der Waals surface area contributed by atoms with Crippen molar-refractivity contribution in [2.45, 2.75) is 18.8 Å². The highest BCUT2D eigenvalue weighted by atomic mass is 16.1. The molecule has 3 N–H and O–H groups in total. The maximum Gasteiger partial charge on any atom is 0.227 e. The van der Waals surface area contributed by atoms with Crippen LogP contribution >= 0.6 is 0 Å². The van der Waals surface area contributed by atoms with Crippen LogP contribution in [0.4, 0.5) is 5.69 Å². The van der Waals surface area contributed by atoms with Crippen molar-refractivity contribution in [3.63, 3.8) is 0 Å². The lowest BCUT2D eigenvalue weighted by Crippen LogP contribution is -2.34. The van der Waals surface area contributed by atoms with E-state index in [-0.39, 0.29) is 11.8 Å². The monoisotopic (exact) mass is 271 g/mol. The SMILES string of the molecule is O=C(NCCc1ncn[nH]1)C1CCNc2ccccc21. The molecular formula is C14H17N5O. The van der Waals surface area contributed by atoms with Crippen molar-refractivity contribution in [3.05, 3.63) is 42.0 Å². The van der Waals surface area contributed by atoms with Crippen LogP contribution in [0.25, 0.3) is 0 Å². The molecule has 1 unspecified atom stereocenters. The van der Waals surface area contributed by atoms with Crippen LogP contribution in [0.5, 0.6) is 0 Å². The Balaban J connectivity index is 1.60. The Bertz CT molecular complexity index is 581. The molecule has 0 saturated heterocycles. The molecule has 0 spiro atoms. The number of rotatable bonds is 4. The maximum absolute atomic E-state index is 12.3. The third kappa shape index (κ3) is 2.64. The molecule has 6 nitrogen and oxygen atoms in total. The number of H-pyrrole nitrogens is 1. The molecule has 1 aliphatic rings. The number of aromatic amines is 1. The second-order valence-electron chi connectivity index (χ2n) is 4.83. The van der Waals surface area contributed by atoms with Gasteiger partial charge >= 0.3 is 0 Å². The molecule has 6 heteroatoms. The van der Waals surface area contributed by atoms with Gasteiger partial charge in [-0.05, 0) is 18.1 Å². The highest BCUT2D eigenvalue weighted by molar-refractivity contribution is 5.86. The van der Waals surface area contributed by atoms with Gasteiger partial charge in [-0.25, -0.2) is 4.98 Å². The molecule has 0 bridgehead atoms. The number of para-hydroxylation sites is 1. The maximum atomic E-state index is 12.3. The van der Waals surface area contributed by atoms with E-state index in [2.05, 4.69) is 25.8 Å². The molecule has 0 fully saturated rings. The Kier molecular flexibility index (Phi) is 3.62. The number of carbonyl (C=O) groups is 1. The summed E-state index contributed by atoms with van der Waals surface area (Å²) in [6.07, 6.45) is 2.96. The summed E-state index contributed by atoms with van der Waals surface area (Å²) >= 11 is 0. The van der Waals surface area contributed by atoms with Gasteiger partial charge in [-0.2, -0.15) is 5.10 Å². The zero-order valence-electron chi connectivity index (χ0n) is 11.1. The molecule has 0 aliphatic carbocycles. The van der Waals surface area contributed by atoms with Crippen LogP contribution in [0.3, 0.4) is 0 Å². The molecule has 0 radical (unpaired) electrons. The van der Waals surface area contributed by atoms with Gasteiger partial charge in [-0.15, -0.1) is 0 Å². The number of carbonyl (C=O) groups excluding carboxylic acids is 1. The van der Waals surface area contributed by atoms with Crippen LogP contribution in [-0.2, 0) is 11.2 Å². The first-order chi connectivity index (χ1) is 9.84. The number of hydrogen-bond acceptors (Lipinski definition) is 4. The third-order valence-electron chi connectivity index (χ3n) is 3.53. The molecular weight excluding hydrogens is 254 g/mol. The summed E-state index contributed by atoms with van der Waals surface area (Å²) in [6, 6.07) is 7.99. The molecule has 2 heterocycles. The highest BCUT2D eigenvalue weighted by Gasteiger charge is 2.25. The van der Waals surface area contributed by atoms with Gasteiger partial charge in [0.2, 0.25) is 5.91 Å². The van der Waals surface area contributed by atoms with E-state index in [0.29, 0.717) is 13.0 Å². The number of hydrogen-bond donors (Lipinski definition) is 3. The van der Waals surface area contributed by atoms with Crippen LogP contribution in [0, 0.1) is 0 Å². The summed E-state index contributed by atoms with van der Waals surface area (Å²) in [5.74, 6) is 0.802. The largest absolute Gasteiger partial charge is 0.385 e. The fraction of sp³-hybridized carbons (Fsp3) is 0.357. The van der Waals surface area contributed by atoms with Gasteiger partial charge in [0.1, 0.15) is 12.2 Å². The van der Waals surface area contributed by atoms with Crippen molar-refractivity contribution in [1.29, 1.82) is 0 Å². The van der Waals surface area contributed by atoms with E-state index in [4.69, 9.17) is 0 Å². The highest BCUT2D eigenvalue weighted by Crippen LogP contribution is 2.31. The number of amides is 1. The van der Waals surface area contributed by atoms with Crippen molar-refractivity contribution in [2.75, 3.05) is 18.4 Å². The number of fused-ring (bicyclic) bond motifs is 1. The Labute approximate surface area is 117 Å². The van der Waals surface area contributed by atoms with E-state index in [1.807, 2.05) is 24.3 Å². The van der Waals surface area contributed by atoms with Gasteiger partial charge in [0, 0.05) is 25.2 Å². The van der Waals surface area contributed by atoms with Crippen molar-refractivity contribution < 1.29 is 4.79 Å². The van der Waals surface area contributed by atoms with Crippen molar-refractivity contribution in [2.24, 2.45) is 0 Å². The quantitative estimate of drug-likeness (QED) is 0.776. The molecule has 0 saturated carbocycles. The van der Waals surface area contributed by atoms with E-state index < -0.39 is 0 Å². The summed E-state index contributed by atoms with van der Waals surface area (Å²) in [6.45, 7) is 1.40. The predicted octanol–water partition coefficient (Wildman–Crippen LogP) is 1.06. The molecule has 1 amide bonds. The van der Waals surface area contributed by atoms with Crippen LogP contribution in [0.15, 0.2) is 30.6 Å². The number of benzene rings is 1. The average Bonchev–Trinajstić information content (AvgIpc) is 3.00. The fourth-order valence-corrected chi connectivity index (χ4v) is 2.52. The number of anilines is 1. The van der Waals surface area contributed by atoms with E-state index in [0.717, 1.165) is 30.0 Å². The smallest absolute Gasteiger partial charge is 0.227 e. The lowest BCUT2D eigenvalue weighted by molar-refractivity contribution is -0.122. The topological polar surface area (TPSA) is 82.7 Å². The zero-order valence-corrected chi connectivity index (χ0v) is 11.1. The normalized spacial score (nSPS) is 17.1. The Hall–Kier alpha value is -2.37. The van der Waals surface area contributed by atoms with E-state index >= 15 is 0 Å². The first kappa shape index (κ1) is 12.7. The Morgan fingerprint density at radius 2 is 2.30 bits per heavy atom. The zero-order chi connectivity index (χ0) is 13.8. The second-order valence-corrected chi connectivity index (χ2v) is 4.83. The molecule has 2 aromatic rings. The van der Waals surface area contributed by atoms with Crippen LogP contribution < -0.4 is 10.6 Å². The summed E-state index contributed by atoms with van der Waals surface area (Å²) in [4.78, 5) is 16.3. The van der Waals surface area contributed by atoms with Crippen molar-refractivity contribution >= 4 is 11.6 Å². The van der Waals surface area contributed by atoms with E-state index in [9.17, 15) is 4.79 Å². The minimum Gasteiger partial charge on any atom is -0.385 e. The van der Waals surface area contributed by atoms with Gasteiger partial charge in [0.25, 0.3) is 0 Å². The molecule has 20 heavy (non-hydrogen) atoms. The third-order valence-corrected chi connectivity index (χ3v) is 3.53. The first-order valence-electron chi connectivity index (χ1n) is 6.79. The Morgan fingerprint density at radius 1 is 1.40 bits per heavy atom. The molecule has 104 valence electrons. The molecule has 1 aromatic carbocycles. The van der Waals surface area contributed by atoms with Gasteiger partial charge in [0.05, 0.1) is 5.92 Å². The van der Waals surface area contributed by atoms with Crippen LogP contribution in [0.1, 0.15) is 23.7 Å². The summed E-state index contributed by atoms with van der Waals surface area (Å²) in [7, 11) is 0. The first-order valence-corrected chi connectivity index (χ1v) is 6.79. The summed E-state index contributed by atoms with van der Waals surface area (Å²) in [5, 5.41) is 12.9. The standard InChI is InChI=1S/C14H17N5O/c20-14(16-8-6-13-17-9-18-19-13)11-5-7-15-12-4-2-1-3-10(11)12/h1-4,9,11,15H,5-8H2,(H,16,20)(H,17,18,19). The van der Waals surface area contributed by atoms with Gasteiger partial charge in [-0.3, -0.25) is 9.89 Å². The van der Waals surface area contributed by atoms with Crippen molar-refractivity contribution in [1.82, 2.24) is 20.5 Å². The van der Waals surface area contributed by atoms with Gasteiger partial charge < -0.3 is 10.6 Å². The second kappa shape index (κ2) is 5.73. The number of nitrogens with one attached hydrogen (secondary N) is 3.